The van der Waals surface area contributed by atoms with E-state index in [0.717, 1.165) is 17.2 Å². The van der Waals surface area contributed by atoms with Crippen molar-refractivity contribution in [1.82, 2.24) is 4.98 Å². The highest BCUT2D eigenvalue weighted by molar-refractivity contribution is 5.85. The van der Waals surface area contributed by atoms with Gasteiger partial charge in [-0.1, -0.05) is 0 Å². The second-order valence-corrected chi connectivity index (χ2v) is 5.63. The van der Waals surface area contributed by atoms with Crippen molar-refractivity contribution in [1.29, 1.82) is 0 Å². The van der Waals surface area contributed by atoms with Gasteiger partial charge >= 0.3 is 5.97 Å². The Labute approximate surface area is 142 Å². The summed E-state index contributed by atoms with van der Waals surface area (Å²) in [6.45, 7) is 0.470. The van der Waals surface area contributed by atoms with Crippen molar-refractivity contribution in [2.75, 3.05) is 24.7 Å². The molecular formula is C17H16F2N2O4. The van der Waals surface area contributed by atoms with Gasteiger partial charge in [-0.2, -0.15) is 4.39 Å². The number of aliphatic hydroxyl groups is 1. The van der Waals surface area contributed by atoms with E-state index in [1.54, 1.807) is 0 Å². The zero-order valence-corrected chi connectivity index (χ0v) is 13.2. The van der Waals surface area contributed by atoms with E-state index in [-0.39, 0.29) is 24.7 Å². The fraction of sp³-hybridized carbons (Fsp3) is 0.294. The van der Waals surface area contributed by atoms with E-state index < -0.39 is 17.6 Å². The number of ether oxygens (including phenoxy) is 1. The Kier molecular flexibility index (Phi) is 4.80. The fourth-order valence-corrected chi connectivity index (χ4v) is 2.77. The summed E-state index contributed by atoms with van der Waals surface area (Å²) >= 11 is 0. The number of halogens is 2. The monoisotopic (exact) mass is 350 g/mol. The maximum absolute atomic E-state index is 13.8. The molecule has 0 amide bonds. The molecule has 1 aromatic heterocycles. The molecule has 2 aromatic rings. The first-order valence-electron chi connectivity index (χ1n) is 7.68. The van der Waals surface area contributed by atoms with Crippen LogP contribution in [0.25, 0.3) is 0 Å². The van der Waals surface area contributed by atoms with Gasteiger partial charge in [-0.15, -0.1) is 0 Å². The molecule has 1 aliphatic rings. The van der Waals surface area contributed by atoms with Gasteiger partial charge < -0.3 is 19.8 Å². The third-order valence-electron chi connectivity index (χ3n) is 4.01. The Morgan fingerprint density at radius 2 is 2.08 bits per heavy atom. The van der Waals surface area contributed by atoms with Gasteiger partial charge in [-0.3, -0.25) is 0 Å². The lowest BCUT2D eigenvalue weighted by Crippen LogP contribution is -2.31. The Morgan fingerprint density at radius 3 is 2.80 bits per heavy atom. The molecule has 2 heterocycles. The van der Waals surface area contributed by atoms with Crippen molar-refractivity contribution >= 4 is 11.7 Å². The summed E-state index contributed by atoms with van der Waals surface area (Å²) in [6, 6.07) is 4.01. The molecule has 0 unspecified atom stereocenters. The number of anilines is 1. The Hall–Kier alpha value is -2.74. The maximum atomic E-state index is 13.8. The van der Waals surface area contributed by atoms with Crippen LogP contribution in [0.15, 0.2) is 24.4 Å². The van der Waals surface area contributed by atoms with E-state index in [1.165, 1.54) is 18.3 Å². The second-order valence-electron chi connectivity index (χ2n) is 5.63. The average Bonchev–Trinajstić information content (AvgIpc) is 2.61. The lowest BCUT2D eigenvalue weighted by molar-refractivity contribution is 0.0690. The molecule has 6 nitrogen and oxygen atoms in total. The van der Waals surface area contributed by atoms with Gasteiger partial charge in [-0.25, -0.2) is 14.2 Å². The molecule has 8 heteroatoms. The summed E-state index contributed by atoms with van der Waals surface area (Å²) in [5.41, 5.74) is 2.14. The highest BCUT2D eigenvalue weighted by Crippen LogP contribution is 2.31. The third-order valence-corrected chi connectivity index (χ3v) is 4.01. The van der Waals surface area contributed by atoms with E-state index >= 15 is 0 Å². The summed E-state index contributed by atoms with van der Waals surface area (Å²) in [5, 5.41) is 17.8. The van der Waals surface area contributed by atoms with Gasteiger partial charge in [0.1, 0.15) is 12.3 Å². The quantitative estimate of drug-likeness (QED) is 0.858. The zero-order chi connectivity index (χ0) is 18.0. The topological polar surface area (TPSA) is 82.9 Å². The molecular weight excluding hydrogens is 334 g/mol. The largest absolute Gasteiger partial charge is 0.488 e. The van der Waals surface area contributed by atoms with E-state index in [0.29, 0.717) is 25.2 Å². The number of nitrogens with zero attached hydrogens (tertiary/aromatic N) is 2. The molecule has 0 atom stereocenters. The number of pyridine rings is 1. The first-order valence-corrected chi connectivity index (χ1v) is 7.68. The lowest BCUT2D eigenvalue weighted by Gasteiger charge is -2.31. The number of rotatable bonds is 5. The number of hydrogen-bond donors (Lipinski definition) is 2. The standard InChI is InChI=1S/C17H16F2N2O4/c18-13-6-12(7-15(16(13)19)25-4-3-22)21-2-1-10-5-14(17(23)24)20-8-11(10)9-21/h5-8,22H,1-4,9H2,(H,23,24). The lowest BCUT2D eigenvalue weighted by atomic mass is 10.0. The zero-order valence-electron chi connectivity index (χ0n) is 13.2. The Bertz CT molecular complexity index is 813. The predicted molar refractivity (Wildman–Crippen MR) is 84.9 cm³/mol. The molecule has 3 rings (SSSR count). The number of carboxylic acids is 1. The SMILES string of the molecule is O=C(O)c1cc2c(cn1)CN(c1cc(F)c(F)c(OCCO)c1)CC2. The normalized spacial score (nSPS) is 13.5. The molecule has 0 aliphatic carbocycles. The summed E-state index contributed by atoms with van der Waals surface area (Å²) in [7, 11) is 0. The minimum atomic E-state index is -1.10. The van der Waals surface area contributed by atoms with Gasteiger partial charge in [0.05, 0.1) is 6.61 Å². The molecule has 0 bridgehead atoms. The van der Waals surface area contributed by atoms with Gasteiger partial charge in [0.15, 0.2) is 11.6 Å². The van der Waals surface area contributed by atoms with Crippen molar-refractivity contribution in [3.63, 3.8) is 0 Å². The van der Waals surface area contributed by atoms with Crippen LogP contribution in [0.2, 0.25) is 0 Å². The summed E-state index contributed by atoms with van der Waals surface area (Å²) in [5.74, 6) is -3.47. The van der Waals surface area contributed by atoms with Crippen LogP contribution in [0.3, 0.4) is 0 Å². The van der Waals surface area contributed by atoms with Crippen LogP contribution in [-0.2, 0) is 13.0 Å². The van der Waals surface area contributed by atoms with Crippen molar-refractivity contribution in [2.24, 2.45) is 0 Å². The summed E-state index contributed by atoms with van der Waals surface area (Å²) in [4.78, 5) is 16.7. The second kappa shape index (κ2) is 7.02. The highest BCUT2D eigenvalue weighted by Gasteiger charge is 2.21. The van der Waals surface area contributed by atoms with E-state index in [9.17, 15) is 13.6 Å². The number of aromatic carboxylic acids is 1. The van der Waals surface area contributed by atoms with Crippen molar-refractivity contribution < 1.29 is 28.5 Å². The molecule has 0 fully saturated rings. The molecule has 1 aliphatic heterocycles. The molecule has 2 N–H and O–H groups in total. The third kappa shape index (κ3) is 3.53. The van der Waals surface area contributed by atoms with E-state index in [4.69, 9.17) is 14.9 Å². The molecule has 0 radical (unpaired) electrons. The van der Waals surface area contributed by atoms with Gasteiger partial charge in [0, 0.05) is 37.1 Å². The first-order chi connectivity index (χ1) is 12.0. The number of aromatic nitrogens is 1. The van der Waals surface area contributed by atoms with Crippen molar-refractivity contribution in [3.8, 4) is 5.75 Å². The molecule has 0 saturated heterocycles. The van der Waals surface area contributed by atoms with E-state index in [1.807, 2.05) is 4.90 Å². The van der Waals surface area contributed by atoms with E-state index in [2.05, 4.69) is 4.98 Å². The van der Waals surface area contributed by atoms with Crippen LogP contribution in [0.1, 0.15) is 21.6 Å². The molecule has 0 saturated carbocycles. The number of hydrogen-bond acceptors (Lipinski definition) is 5. The molecule has 25 heavy (non-hydrogen) atoms. The smallest absolute Gasteiger partial charge is 0.354 e. The average molecular weight is 350 g/mol. The van der Waals surface area contributed by atoms with Gasteiger partial charge in [-0.05, 0) is 23.6 Å². The Balaban J connectivity index is 1.86. The number of carbonyl (C=O) groups is 1. The van der Waals surface area contributed by atoms with Crippen LogP contribution >= 0.6 is 0 Å². The minimum Gasteiger partial charge on any atom is -0.488 e. The molecule has 132 valence electrons. The predicted octanol–water partition coefficient (Wildman–Crippen LogP) is 1.99. The fourth-order valence-electron chi connectivity index (χ4n) is 2.77. The minimum absolute atomic E-state index is 0.0142. The highest BCUT2D eigenvalue weighted by atomic mass is 19.2. The number of aliphatic hydroxyl groups excluding tert-OH is 1. The van der Waals surface area contributed by atoms with Crippen LogP contribution in [-0.4, -0.2) is 40.9 Å². The summed E-state index contributed by atoms with van der Waals surface area (Å²) < 4.78 is 32.6. The maximum Gasteiger partial charge on any atom is 0.354 e. The van der Waals surface area contributed by atoms with Crippen LogP contribution in [0.5, 0.6) is 5.75 Å². The molecule has 0 spiro atoms. The van der Waals surface area contributed by atoms with Gasteiger partial charge in [0.2, 0.25) is 5.82 Å². The summed E-state index contributed by atoms with van der Waals surface area (Å²) in [6.07, 6.45) is 2.05. The number of carboxylic acid groups (broad SMARTS) is 1. The Morgan fingerprint density at radius 1 is 1.28 bits per heavy atom. The first kappa shape index (κ1) is 17.1. The van der Waals surface area contributed by atoms with Crippen LogP contribution in [0.4, 0.5) is 14.5 Å². The van der Waals surface area contributed by atoms with Crippen LogP contribution in [0, 0.1) is 11.6 Å². The van der Waals surface area contributed by atoms with Crippen molar-refractivity contribution in [3.05, 3.63) is 52.9 Å². The van der Waals surface area contributed by atoms with Crippen molar-refractivity contribution in [2.45, 2.75) is 13.0 Å². The van der Waals surface area contributed by atoms with Gasteiger partial charge in [0.25, 0.3) is 0 Å². The number of fused-ring (bicyclic) bond motifs is 1. The van der Waals surface area contributed by atoms with Crippen LogP contribution < -0.4 is 9.64 Å². The molecule has 1 aromatic carbocycles. The number of benzene rings is 1.